The zero-order valence-corrected chi connectivity index (χ0v) is 14.8. The molecule has 0 radical (unpaired) electrons. The molecule has 1 fully saturated rings. The minimum absolute atomic E-state index is 0.148. The molecule has 1 aromatic heterocycles. The van der Waals surface area contributed by atoms with E-state index in [-0.39, 0.29) is 11.3 Å². The van der Waals surface area contributed by atoms with Gasteiger partial charge in [0.25, 0.3) is 0 Å². The number of imidazole rings is 1. The van der Waals surface area contributed by atoms with Crippen molar-refractivity contribution in [2.75, 3.05) is 0 Å². The van der Waals surface area contributed by atoms with Gasteiger partial charge in [0.05, 0.1) is 11.7 Å². The average molecular weight is 345 g/mol. The molecule has 132 valence electrons. The van der Waals surface area contributed by atoms with Crippen LogP contribution in [0, 0.1) is 0 Å². The molecule has 26 heavy (non-hydrogen) atoms. The van der Waals surface area contributed by atoms with Crippen LogP contribution in [-0.4, -0.2) is 15.5 Å². The lowest BCUT2D eigenvalue weighted by molar-refractivity contribution is -0.130. The van der Waals surface area contributed by atoms with Crippen molar-refractivity contribution < 1.29 is 4.79 Å². The van der Waals surface area contributed by atoms with Gasteiger partial charge < -0.3 is 9.88 Å². The minimum Gasteiger partial charge on any atom is -0.351 e. The fourth-order valence-electron chi connectivity index (χ4n) is 3.71. The minimum atomic E-state index is -0.338. The molecule has 2 aromatic carbocycles. The largest absolute Gasteiger partial charge is 0.351 e. The molecule has 0 saturated heterocycles. The smallest absolute Gasteiger partial charge is 0.230 e. The predicted octanol–water partition coefficient (Wildman–Crippen LogP) is 3.67. The molecule has 1 aliphatic rings. The summed E-state index contributed by atoms with van der Waals surface area (Å²) in [6.45, 7) is 1.35. The maximum absolute atomic E-state index is 12.9. The topological polar surface area (TPSA) is 46.9 Å². The molecular formula is C22H23N3O. The van der Waals surface area contributed by atoms with Crippen LogP contribution in [0.5, 0.6) is 0 Å². The number of hydrogen-bond donors (Lipinski definition) is 1. The fraction of sp³-hybridized carbons (Fsp3) is 0.273. The van der Waals surface area contributed by atoms with Gasteiger partial charge in [-0.3, -0.25) is 4.79 Å². The highest BCUT2D eigenvalue weighted by Gasteiger charge is 2.45. The van der Waals surface area contributed by atoms with Gasteiger partial charge in [-0.15, -0.1) is 0 Å². The number of carbonyl (C=O) groups is 1. The molecule has 1 N–H and O–H groups in total. The first kappa shape index (κ1) is 16.6. The van der Waals surface area contributed by atoms with Gasteiger partial charge >= 0.3 is 0 Å². The first-order chi connectivity index (χ1) is 12.8. The van der Waals surface area contributed by atoms with Crippen molar-refractivity contribution in [3.8, 4) is 0 Å². The lowest BCUT2D eigenvalue weighted by Crippen LogP contribution is -2.48. The second kappa shape index (κ2) is 7.16. The van der Waals surface area contributed by atoms with E-state index in [1.165, 1.54) is 5.56 Å². The molecule has 1 amide bonds. The molecule has 1 heterocycles. The Morgan fingerprint density at radius 1 is 1.08 bits per heavy atom. The Morgan fingerprint density at radius 2 is 1.88 bits per heavy atom. The van der Waals surface area contributed by atoms with Crippen LogP contribution < -0.4 is 5.32 Å². The van der Waals surface area contributed by atoms with Crippen LogP contribution in [0.25, 0.3) is 0 Å². The Labute approximate surface area is 153 Å². The average Bonchev–Trinajstić information content (AvgIpc) is 3.13. The van der Waals surface area contributed by atoms with Gasteiger partial charge in [-0.05, 0) is 29.5 Å². The number of nitrogens with zero attached hydrogens (tertiary/aromatic N) is 2. The van der Waals surface area contributed by atoms with Crippen LogP contribution in [0.2, 0.25) is 0 Å². The number of carbonyl (C=O) groups excluding carboxylic acids is 1. The van der Waals surface area contributed by atoms with E-state index in [0.29, 0.717) is 6.54 Å². The van der Waals surface area contributed by atoms with Gasteiger partial charge in [-0.25, -0.2) is 4.98 Å². The normalized spacial score (nSPS) is 15.2. The van der Waals surface area contributed by atoms with Crippen molar-refractivity contribution in [2.24, 2.45) is 0 Å². The first-order valence-corrected chi connectivity index (χ1v) is 9.14. The predicted molar refractivity (Wildman–Crippen MR) is 102 cm³/mol. The molecule has 1 saturated carbocycles. The van der Waals surface area contributed by atoms with Crippen LogP contribution in [0.15, 0.2) is 73.3 Å². The van der Waals surface area contributed by atoms with E-state index >= 15 is 0 Å². The first-order valence-electron chi connectivity index (χ1n) is 9.14. The van der Waals surface area contributed by atoms with Gasteiger partial charge in [0, 0.05) is 25.5 Å². The van der Waals surface area contributed by atoms with E-state index < -0.39 is 0 Å². The van der Waals surface area contributed by atoms with Crippen LogP contribution in [0.3, 0.4) is 0 Å². The van der Waals surface area contributed by atoms with E-state index in [1.54, 1.807) is 6.20 Å². The van der Waals surface area contributed by atoms with Crippen molar-refractivity contribution in [1.29, 1.82) is 0 Å². The molecule has 0 spiro atoms. The number of benzene rings is 2. The molecule has 1 aliphatic carbocycles. The zero-order valence-electron chi connectivity index (χ0n) is 14.8. The van der Waals surface area contributed by atoms with E-state index in [0.717, 1.165) is 36.9 Å². The molecule has 4 rings (SSSR count). The molecule has 0 atom stereocenters. The Kier molecular flexibility index (Phi) is 4.57. The van der Waals surface area contributed by atoms with Crippen molar-refractivity contribution in [1.82, 2.24) is 14.9 Å². The molecule has 4 nitrogen and oxygen atoms in total. The molecule has 3 aromatic rings. The summed E-state index contributed by atoms with van der Waals surface area (Å²) in [6.07, 6.45) is 8.53. The SMILES string of the molecule is O=C(NCc1cccc(Cn2ccnc2)c1)C1(c2ccccc2)CCC1. The highest BCUT2D eigenvalue weighted by molar-refractivity contribution is 5.89. The monoisotopic (exact) mass is 345 g/mol. The van der Waals surface area contributed by atoms with Crippen LogP contribution in [0.1, 0.15) is 36.0 Å². The number of aromatic nitrogens is 2. The van der Waals surface area contributed by atoms with E-state index in [4.69, 9.17) is 0 Å². The van der Waals surface area contributed by atoms with E-state index in [9.17, 15) is 4.79 Å². The van der Waals surface area contributed by atoms with Crippen LogP contribution in [0.4, 0.5) is 0 Å². The van der Waals surface area contributed by atoms with Crippen molar-refractivity contribution >= 4 is 5.91 Å². The summed E-state index contributed by atoms with van der Waals surface area (Å²) in [5.41, 5.74) is 3.13. The number of amides is 1. The molecule has 4 heteroatoms. The molecule has 0 bridgehead atoms. The summed E-state index contributed by atoms with van der Waals surface area (Å²) in [5.74, 6) is 0.148. The standard InChI is InChI=1S/C22H23N3O/c26-21(22(10-5-11-22)20-8-2-1-3-9-20)24-15-18-6-4-7-19(14-18)16-25-13-12-23-17-25/h1-4,6-9,12-14,17H,5,10-11,15-16H2,(H,24,26). The third kappa shape index (κ3) is 3.27. The second-order valence-electron chi connectivity index (χ2n) is 7.04. The summed E-state index contributed by atoms with van der Waals surface area (Å²) in [6, 6.07) is 18.5. The highest BCUT2D eigenvalue weighted by Crippen LogP contribution is 2.43. The number of hydrogen-bond acceptors (Lipinski definition) is 2. The second-order valence-corrected chi connectivity index (χ2v) is 7.04. The molecule has 0 unspecified atom stereocenters. The summed E-state index contributed by atoms with van der Waals surface area (Å²) in [7, 11) is 0. The fourth-order valence-corrected chi connectivity index (χ4v) is 3.71. The van der Waals surface area contributed by atoms with Gasteiger partial charge in [0.15, 0.2) is 0 Å². The van der Waals surface area contributed by atoms with Crippen molar-refractivity contribution in [3.05, 3.63) is 90.0 Å². The van der Waals surface area contributed by atoms with Crippen molar-refractivity contribution in [2.45, 2.75) is 37.8 Å². The van der Waals surface area contributed by atoms with Gasteiger partial charge in [-0.2, -0.15) is 0 Å². The van der Waals surface area contributed by atoms with E-state index in [1.807, 2.05) is 41.4 Å². The van der Waals surface area contributed by atoms with Gasteiger partial charge in [0.2, 0.25) is 5.91 Å². The Morgan fingerprint density at radius 3 is 2.58 bits per heavy atom. The van der Waals surface area contributed by atoms with Crippen LogP contribution in [-0.2, 0) is 23.3 Å². The quantitative estimate of drug-likeness (QED) is 0.741. The van der Waals surface area contributed by atoms with Crippen LogP contribution >= 0.6 is 0 Å². The summed E-state index contributed by atoms with van der Waals surface area (Å²) in [5, 5.41) is 3.17. The maximum Gasteiger partial charge on any atom is 0.230 e. The lowest BCUT2D eigenvalue weighted by Gasteiger charge is -2.40. The lowest BCUT2D eigenvalue weighted by atomic mass is 9.64. The third-order valence-electron chi connectivity index (χ3n) is 5.34. The zero-order chi connectivity index (χ0) is 17.8. The maximum atomic E-state index is 12.9. The third-order valence-corrected chi connectivity index (χ3v) is 5.34. The van der Waals surface area contributed by atoms with Gasteiger partial charge in [0.1, 0.15) is 0 Å². The van der Waals surface area contributed by atoms with Crippen molar-refractivity contribution in [3.63, 3.8) is 0 Å². The van der Waals surface area contributed by atoms with Gasteiger partial charge in [-0.1, -0.05) is 61.0 Å². The van der Waals surface area contributed by atoms with E-state index in [2.05, 4.69) is 40.6 Å². The Hall–Kier alpha value is -2.88. The summed E-state index contributed by atoms with van der Waals surface area (Å²) in [4.78, 5) is 17.0. The number of nitrogens with one attached hydrogen (secondary N) is 1. The summed E-state index contributed by atoms with van der Waals surface area (Å²) < 4.78 is 2.04. The number of rotatable bonds is 6. The Balaban J connectivity index is 1.43. The molecular weight excluding hydrogens is 322 g/mol. The Bertz CT molecular complexity index is 867. The summed E-state index contributed by atoms with van der Waals surface area (Å²) >= 11 is 0. The molecule has 0 aliphatic heterocycles. The highest BCUT2D eigenvalue weighted by atomic mass is 16.2.